The highest BCUT2D eigenvalue weighted by Gasteiger charge is 2.38. The summed E-state index contributed by atoms with van der Waals surface area (Å²) in [4.78, 5) is 27.5. The van der Waals surface area contributed by atoms with E-state index < -0.39 is 11.7 Å². The fourth-order valence-corrected chi connectivity index (χ4v) is 4.60. The highest BCUT2D eigenvalue weighted by Crippen LogP contribution is 2.31. The van der Waals surface area contributed by atoms with E-state index in [-0.39, 0.29) is 17.5 Å². The average molecular weight is 444 g/mol. The summed E-state index contributed by atoms with van der Waals surface area (Å²) in [6, 6.07) is 10.6. The van der Waals surface area contributed by atoms with E-state index in [1.165, 1.54) is 0 Å². The van der Waals surface area contributed by atoms with Crippen LogP contribution in [-0.4, -0.2) is 64.1 Å². The van der Waals surface area contributed by atoms with Gasteiger partial charge in [-0.25, -0.2) is 9.97 Å². The number of carbonyl (C=O) groups excluding carboxylic acids is 1. The first kappa shape index (κ1) is 20.7. The molecule has 0 N–H and O–H groups in total. The van der Waals surface area contributed by atoms with Crippen LogP contribution in [0.5, 0.6) is 0 Å². The zero-order valence-electron chi connectivity index (χ0n) is 17.6. The van der Waals surface area contributed by atoms with Crippen molar-refractivity contribution in [2.75, 3.05) is 42.5 Å². The van der Waals surface area contributed by atoms with Gasteiger partial charge < -0.3 is 9.80 Å². The van der Waals surface area contributed by atoms with Gasteiger partial charge in [0.15, 0.2) is 5.65 Å². The quantitative estimate of drug-likeness (QED) is 0.622. The van der Waals surface area contributed by atoms with Crippen LogP contribution in [0.1, 0.15) is 12.0 Å². The number of rotatable bonds is 3. The fraction of sp³-hybridized carbons (Fsp3) is 0.409. The fourth-order valence-electron chi connectivity index (χ4n) is 4.60. The molecule has 0 bridgehead atoms. The molecule has 3 aromatic rings. The van der Waals surface area contributed by atoms with Crippen molar-refractivity contribution in [1.82, 2.24) is 19.4 Å². The number of anilines is 2. The van der Waals surface area contributed by atoms with E-state index in [2.05, 4.69) is 14.9 Å². The van der Waals surface area contributed by atoms with E-state index in [4.69, 9.17) is 0 Å². The van der Waals surface area contributed by atoms with E-state index >= 15 is 0 Å². The SMILES string of the molecule is Cn1c(N2CCN(C3CCN(c4ccccc4)C3=O)CC2)nc2cc(C(F)(F)F)cnc21. The number of alkyl halides is 3. The third-order valence-electron chi connectivity index (χ3n) is 6.30. The number of amides is 1. The highest BCUT2D eigenvalue weighted by molar-refractivity contribution is 5.99. The Morgan fingerprint density at radius 3 is 2.44 bits per heavy atom. The van der Waals surface area contributed by atoms with Gasteiger partial charge in [-0.15, -0.1) is 0 Å². The van der Waals surface area contributed by atoms with Crippen LogP contribution in [0.4, 0.5) is 24.8 Å². The number of para-hydroxylation sites is 1. The average Bonchev–Trinajstić information content (AvgIpc) is 3.33. The number of halogens is 3. The van der Waals surface area contributed by atoms with Crippen LogP contribution in [0.3, 0.4) is 0 Å². The highest BCUT2D eigenvalue weighted by atomic mass is 19.4. The molecule has 7 nitrogen and oxygen atoms in total. The molecule has 10 heteroatoms. The normalized spacial score (nSPS) is 20.5. The van der Waals surface area contributed by atoms with Crippen molar-refractivity contribution in [2.45, 2.75) is 18.6 Å². The van der Waals surface area contributed by atoms with E-state index in [0.717, 1.165) is 24.4 Å². The van der Waals surface area contributed by atoms with Gasteiger partial charge in [0.05, 0.1) is 11.6 Å². The topological polar surface area (TPSA) is 57.5 Å². The minimum Gasteiger partial charge on any atom is -0.340 e. The maximum absolute atomic E-state index is 13.0. The molecule has 4 heterocycles. The summed E-state index contributed by atoms with van der Waals surface area (Å²) in [6.45, 7) is 3.34. The molecular formula is C22H23F3N6O. The summed E-state index contributed by atoms with van der Waals surface area (Å²) in [5.41, 5.74) is 0.760. The second-order valence-electron chi connectivity index (χ2n) is 8.19. The molecule has 168 valence electrons. The predicted molar refractivity (Wildman–Crippen MR) is 114 cm³/mol. The Balaban J connectivity index is 1.28. The number of aromatic nitrogens is 3. The van der Waals surface area contributed by atoms with Crippen LogP contribution in [0.2, 0.25) is 0 Å². The maximum atomic E-state index is 13.0. The van der Waals surface area contributed by atoms with Crippen LogP contribution < -0.4 is 9.80 Å². The van der Waals surface area contributed by atoms with Gasteiger partial charge in [-0.2, -0.15) is 13.2 Å². The van der Waals surface area contributed by atoms with Crippen molar-refractivity contribution in [1.29, 1.82) is 0 Å². The number of carbonyl (C=O) groups is 1. The van der Waals surface area contributed by atoms with Crippen LogP contribution in [0.25, 0.3) is 11.2 Å². The lowest BCUT2D eigenvalue weighted by Crippen LogP contribution is -2.53. The second kappa shape index (κ2) is 7.77. The second-order valence-corrected chi connectivity index (χ2v) is 8.19. The monoisotopic (exact) mass is 444 g/mol. The van der Waals surface area contributed by atoms with Crippen LogP contribution in [0, 0.1) is 0 Å². The Bertz CT molecular complexity index is 1140. The van der Waals surface area contributed by atoms with Crippen molar-refractivity contribution >= 4 is 28.7 Å². The van der Waals surface area contributed by atoms with Gasteiger partial charge in [0.2, 0.25) is 11.9 Å². The first-order chi connectivity index (χ1) is 15.3. The molecule has 1 unspecified atom stereocenters. The predicted octanol–water partition coefficient (Wildman–Crippen LogP) is 2.91. The number of pyridine rings is 1. The molecule has 0 spiro atoms. The Labute approximate surface area is 183 Å². The first-order valence-electron chi connectivity index (χ1n) is 10.6. The molecule has 1 atom stereocenters. The lowest BCUT2D eigenvalue weighted by atomic mass is 10.2. The van der Waals surface area contributed by atoms with Gasteiger partial charge in [-0.05, 0) is 24.6 Å². The number of fused-ring (bicyclic) bond motifs is 1. The third-order valence-corrected chi connectivity index (χ3v) is 6.30. The Morgan fingerprint density at radius 2 is 1.75 bits per heavy atom. The minimum absolute atomic E-state index is 0.122. The van der Waals surface area contributed by atoms with Crippen molar-refractivity contribution < 1.29 is 18.0 Å². The molecule has 0 saturated carbocycles. The van der Waals surface area contributed by atoms with Crippen molar-refractivity contribution in [3.05, 3.63) is 48.2 Å². The number of piperazine rings is 1. The number of aryl methyl sites for hydroxylation is 1. The van der Waals surface area contributed by atoms with E-state index in [1.54, 1.807) is 11.6 Å². The Hall–Kier alpha value is -3.14. The molecule has 1 aromatic carbocycles. The molecule has 2 fully saturated rings. The van der Waals surface area contributed by atoms with E-state index in [9.17, 15) is 18.0 Å². The van der Waals surface area contributed by atoms with Gasteiger partial charge >= 0.3 is 6.18 Å². The van der Waals surface area contributed by atoms with Gasteiger partial charge in [-0.1, -0.05) is 18.2 Å². The molecule has 1 amide bonds. The summed E-state index contributed by atoms with van der Waals surface area (Å²) < 4.78 is 40.8. The van der Waals surface area contributed by atoms with E-state index in [1.807, 2.05) is 40.1 Å². The summed E-state index contributed by atoms with van der Waals surface area (Å²) in [7, 11) is 1.76. The summed E-state index contributed by atoms with van der Waals surface area (Å²) >= 11 is 0. The third kappa shape index (κ3) is 3.58. The molecule has 0 radical (unpaired) electrons. The number of hydrogen-bond donors (Lipinski definition) is 0. The van der Waals surface area contributed by atoms with Crippen LogP contribution in [-0.2, 0) is 18.0 Å². The van der Waals surface area contributed by atoms with Crippen LogP contribution in [0.15, 0.2) is 42.6 Å². The Morgan fingerprint density at radius 1 is 1.03 bits per heavy atom. The van der Waals surface area contributed by atoms with Crippen LogP contribution >= 0.6 is 0 Å². The number of nitrogens with zero attached hydrogens (tertiary/aromatic N) is 6. The molecule has 2 aromatic heterocycles. The smallest absolute Gasteiger partial charge is 0.340 e. The van der Waals surface area contributed by atoms with Crippen molar-refractivity contribution in [2.24, 2.45) is 7.05 Å². The molecule has 32 heavy (non-hydrogen) atoms. The van der Waals surface area contributed by atoms with E-state index in [0.29, 0.717) is 44.3 Å². The largest absolute Gasteiger partial charge is 0.417 e. The molecule has 2 aliphatic rings. The minimum atomic E-state index is -4.45. The standard InChI is InChI=1S/C22H23F3N6O/c1-28-19-17(13-15(14-26-19)22(23,24)25)27-21(28)30-11-9-29(10-12-30)18-7-8-31(20(18)32)16-5-3-2-4-6-16/h2-6,13-14,18H,7-12H2,1H3. The number of imidazole rings is 1. The van der Waals surface area contributed by atoms with Gasteiger partial charge in [-0.3, -0.25) is 14.3 Å². The zero-order chi connectivity index (χ0) is 22.5. The lowest BCUT2D eigenvalue weighted by molar-refractivity contribution is -0.137. The van der Waals surface area contributed by atoms with Gasteiger partial charge in [0.25, 0.3) is 0 Å². The molecule has 5 rings (SSSR count). The maximum Gasteiger partial charge on any atom is 0.417 e. The first-order valence-corrected chi connectivity index (χ1v) is 10.6. The number of hydrogen-bond acceptors (Lipinski definition) is 5. The Kier molecular flexibility index (Phi) is 5.04. The molecule has 0 aliphatic carbocycles. The van der Waals surface area contributed by atoms with Crippen molar-refractivity contribution in [3.63, 3.8) is 0 Å². The molecule has 2 aliphatic heterocycles. The summed E-state index contributed by atoms with van der Waals surface area (Å²) in [5, 5.41) is 0. The molecular weight excluding hydrogens is 421 g/mol. The number of benzene rings is 1. The zero-order valence-corrected chi connectivity index (χ0v) is 17.6. The lowest BCUT2D eigenvalue weighted by Gasteiger charge is -2.37. The van der Waals surface area contributed by atoms with Gasteiger partial charge in [0.1, 0.15) is 5.52 Å². The molecule has 2 saturated heterocycles. The summed E-state index contributed by atoms with van der Waals surface area (Å²) in [6.07, 6.45) is -2.83. The van der Waals surface area contributed by atoms with Gasteiger partial charge in [0, 0.05) is 51.7 Å². The summed E-state index contributed by atoms with van der Waals surface area (Å²) in [5.74, 6) is 0.714. The van der Waals surface area contributed by atoms with Crippen molar-refractivity contribution in [3.8, 4) is 0 Å².